The fourth-order valence-corrected chi connectivity index (χ4v) is 4.48. The molecule has 2 atom stereocenters. The van der Waals surface area contributed by atoms with Gasteiger partial charge in [0.25, 0.3) is 0 Å². The Morgan fingerprint density at radius 1 is 1.10 bits per heavy atom. The highest BCUT2D eigenvalue weighted by molar-refractivity contribution is 5.76. The summed E-state index contributed by atoms with van der Waals surface area (Å²) in [5.74, 6) is 2.02. The number of carbonyl (C=O) groups is 1. The van der Waals surface area contributed by atoms with Crippen molar-refractivity contribution in [1.29, 1.82) is 0 Å². The summed E-state index contributed by atoms with van der Waals surface area (Å²) in [7, 11) is 0. The van der Waals surface area contributed by atoms with Crippen LogP contribution < -0.4 is 11.1 Å². The highest BCUT2D eigenvalue weighted by Gasteiger charge is 2.39. The molecule has 114 valence electrons. The number of amides is 1. The number of ether oxygens (including phenoxy) is 1. The largest absolute Gasteiger partial charge is 0.381 e. The van der Waals surface area contributed by atoms with Crippen molar-refractivity contribution in [2.45, 2.75) is 63.5 Å². The van der Waals surface area contributed by atoms with Crippen LogP contribution >= 0.6 is 0 Å². The smallest absolute Gasteiger partial charge is 0.220 e. The van der Waals surface area contributed by atoms with Gasteiger partial charge in [0.15, 0.2) is 0 Å². The molecule has 2 bridgehead atoms. The first-order chi connectivity index (χ1) is 9.72. The van der Waals surface area contributed by atoms with Crippen molar-refractivity contribution in [3.05, 3.63) is 0 Å². The van der Waals surface area contributed by atoms with Crippen LogP contribution in [0.5, 0.6) is 0 Å². The third-order valence-corrected chi connectivity index (χ3v) is 5.52. The molecule has 20 heavy (non-hydrogen) atoms. The SMILES string of the molecule is NC1CC2CCCC(C1)C2NC(=O)CC1CCOCC1. The first kappa shape index (κ1) is 14.3. The van der Waals surface area contributed by atoms with Crippen LogP contribution in [0.2, 0.25) is 0 Å². The molecule has 4 nitrogen and oxygen atoms in total. The van der Waals surface area contributed by atoms with E-state index < -0.39 is 0 Å². The molecule has 1 aliphatic heterocycles. The minimum Gasteiger partial charge on any atom is -0.381 e. The van der Waals surface area contributed by atoms with Crippen LogP contribution in [-0.4, -0.2) is 31.2 Å². The third kappa shape index (κ3) is 3.34. The summed E-state index contributed by atoms with van der Waals surface area (Å²) in [5, 5.41) is 3.35. The second-order valence-corrected chi connectivity index (χ2v) is 7.04. The maximum absolute atomic E-state index is 12.3. The molecular formula is C16H28N2O2. The maximum Gasteiger partial charge on any atom is 0.220 e. The Morgan fingerprint density at radius 2 is 1.75 bits per heavy atom. The van der Waals surface area contributed by atoms with Crippen LogP contribution in [0.1, 0.15) is 51.4 Å². The molecule has 0 aromatic carbocycles. The van der Waals surface area contributed by atoms with E-state index in [2.05, 4.69) is 5.32 Å². The summed E-state index contributed by atoms with van der Waals surface area (Å²) in [6.07, 6.45) is 8.75. The topological polar surface area (TPSA) is 64.3 Å². The van der Waals surface area contributed by atoms with Crippen LogP contribution in [0, 0.1) is 17.8 Å². The lowest BCUT2D eigenvalue weighted by atomic mass is 9.67. The molecule has 0 radical (unpaired) electrons. The van der Waals surface area contributed by atoms with Gasteiger partial charge in [0, 0.05) is 31.7 Å². The van der Waals surface area contributed by atoms with Crippen molar-refractivity contribution in [1.82, 2.24) is 5.32 Å². The minimum absolute atomic E-state index is 0.259. The van der Waals surface area contributed by atoms with E-state index in [4.69, 9.17) is 10.5 Å². The quantitative estimate of drug-likeness (QED) is 0.829. The molecule has 0 aromatic heterocycles. The van der Waals surface area contributed by atoms with E-state index in [0.29, 0.717) is 36.3 Å². The number of nitrogens with two attached hydrogens (primary N) is 1. The van der Waals surface area contributed by atoms with Gasteiger partial charge in [-0.05, 0) is 56.3 Å². The highest BCUT2D eigenvalue weighted by Crippen LogP contribution is 2.39. The van der Waals surface area contributed by atoms with Crippen LogP contribution in [-0.2, 0) is 9.53 Å². The first-order valence-corrected chi connectivity index (χ1v) is 8.35. The summed E-state index contributed by atoms with van der Waals surface area (Å²) < 4.78 is 5.36. The molecule has 2 saturated carbocycles. The second-order valence-electron chi connectivity index (χ2n) is 7.04. The van der Waals surface area contributed by atoms with E-state index in [0.717, 1.165) is 38.9 Å². The van der Waals surface area contributed by atoms with Gasteiger partial charge in [0.05, 0.1) is 0 Å². The summed E-state index contributed by atoms with van der Waals surface area (Å²) >= 11 is 0. The second kappa shape index (κ2) is 6.44. The van der Waals surface area contributed by atoms with E-state index in [9.17, 15) is 4.79 Å². The number of fused-ring (bicyclic) bond motifs is 2. The lowest BCUT2D eigenvalue weighted by Crippen LogP contribution is -2.53. The van der Waals surface area contributed by atoms with Crippen LogP contribution in [0.15, 0.2) is 0 Å². The number of hydrogen-bond acceptors (Lipinski definition) is 3. The van der Waals surface area contributed by atoms with Gasteiger partial charge in [-0.25, -0.2) is 0 Å². The lowest BCUT2D eigenvalue weighted by molar-refractivity contribution is -0.125. The Morgan fingerprint density at radius 3 is 2.40 bits per heavy atom. The van der Waals surface area contributed by atoms with Crippen LogP contribution in [0.25, 0.3) is 0 Å². The van der Waals surface area contributed by atoms with Crippen molar-refractivity contribution < 1.29 is 9.53 Å². The predicted octanol–water partition coefficient (Wildman–Crippen LogP) is 1.83. The Balaban J connectivity index is 1.52. The number of nitrogens with one attached hydrogen (secondary N) is 1. The number of rotatable bonds is 3. The van der Waals surface area contributed by atoms with Gasteiger partial charge in [-0.15, -0.1) is 0 Å². The average Bonchev–Trinajstić information content (AvgIpc) is 2.41. The Bertz CT molecular complexity index is 327. The predicted molar refractivity (Wildman–Crippen MR) is 78.1 cm³/mol. The van der Waals surface area contributed by atoms with E-state index in [1.54, 1.807) is 0 Å². The summed E-state index contributed by atoms with van der Waals surface area (Å²) in [6.45, 7) is 1.64. The third-order valence-electron chi connectivity index (χ3n) is 5.52. The number of carbonyl (C=O) groups excluding carboxylic acids is 1. The molecular weight excluding hydrogens is 252 g/mol. The normalized spacial score (nSPS) is 38.5. The molecule has 3 rings (SSSR count). The van der Waals surface area contributed by atoms with Crippen molar-refractivity contribution >= 4 is 5.91 Å². The Kier molecular flexibility index (Phi) is 4.61. The summed E-state index contributed by atoms with van der Waals surface area (Å²) in [6, 6.07) is 0.754. The van der Waals surface area contributed by atoms with E-state index in [-0.39, 0.29) is 5.91 Å². The Hall–Kier alpha value is -0.610. The number of hydrogen-bond donors (Lipinski definition) is 2. The summed E-state index contributed by atoms with van der Waals surface area (Å²) in [5.41, 5.74) is 6.14. The van der Waals surface area contributed by atoms with Crippen molar-refractivity contribution in [3.8, 4) is 0 Å². The molecule has 3 N–H and O–H groups in total. The molecule has 2 aliphatic carbocycles. The first-order valence-electron chi connectivity index (χ1n) is 8.35. The van der Waals surface area contributed by atoms with Crippen LogP contribution in [0.4, 0.5) is 0 Å². The lowest BCUT2D eigenvalue weighted by Gasteiger charge is -2.45. The standard InChI is InChI=1S/C16H28N2O2/c17-14-9-12-2-1-3-13(10-14)16(12)18-15(19)8-11-4-6-20-7-5-11/h11-14,16H,1-10,17H2,(H,18,19). The molecule has 3 fully saturated rings. The fraction of sp³-hybridized carbons (Fsp3) is 0.938. The summed E-state index contributed by atoms with van der Waals surface area (Å²) in [4.78, 5) is 12.3. The molecule has 1 saturated heterocycles. The maximum atomic E-state index is 12.3. The van der Waals surface area contributed by atoms with Gasteiger partial charge in [-0.3, -0.25) is 4.79 Å². The molecule has 1 heterocycles. The monoisotopic (exact) mass is 280 g/mol. The fourth-order valence-electron chi connectivity index (χ4n) is 4.48. The molecule has 4 heteroatoms. The van der Waals surface area contributed by atoms with E-state index in [1.807, 2.05) is 0 Å². The highest BCUT2D eigenvalue weighted by atomic mass is 16.5. The molecule has 2 unspecified atom stereocenters. The van der Waals surface area contributed by atoms with Crippen molar-refractivity contribution in [2.75, 3.05) is 13.2 Å². The zero-order valence-corrected chi connectivity index (χ0v) is 12.4. The van der Waals surface area contributed by atoms with E-state index in [1.165, 1.54) is 19.3 Å². The zero-order valence-electron chi connectivity index (χ0n) is 12.4. The zero-order chi connectivity index (χ0) is 13.9. The minimum atomic E-state index is 0.259. The van der Waals surface area contributed by atoms with Gasteiger partial charge in [0.1, 0.15) is 0 Å². The van der Waals surface area contributed by atoms with Crippen molar-refractivity contribution in [3.63, 3.8) is 0 Å². The van der Waals surface area contributed by atoms with Crippen molar-refractivity contribution in [2.24, 2.45) is 23.5 Å². The average molecular weight is 280 g/mol. The van der Waals surface area contributed by atoms with Gasteiger partial charge in [0.2, 0.25) is 5.91 Å². The van der Waals surface area contributed by atoms with E-state index >= 15 is 0 Å². The molecule has 3 aliphatic rings. The molecule has 1 amide bonds. The van der Waals surface area contributed by atoms with Gasteiger partial charge in [-0.2, -0.15) is 0 Å². The van der Waals surface area contributed by atoms with Gasteiger partial charge in [-0.1, -0.05) is 6.42 Å². The molecule has 0 aromatic rings. The Labute approximate surface area is 121 Å². The molecule has 0 spiro atoms. The van der Waals surface area contributed by atoms with Crippen LogP contribution in [0.3, 0.4) is 0 Å². The van der Waals surface area contributed by atoms with Gasteiger partial charge < -0.3 is 15.8 Å². The van der Waals surface area contributed by atoms with Gasteiger partial charge >= 0.3 is 0 Å².